The lowest BCUT2D eigenvalue weighted by Gasteiger charge is -2.32. The molecule has 0 spiro atoms. The SMILES string of the molecule is Cc1ccccc1NC(=O)C(c1cccc(C)c1O)N(C)C(=O)C(Cc1ccccc1)NC(=O)OC(C)(C)C. The van der Waals surface area contributed by atoms with Gasteiger partial charge in [-0.15, -0.1) is 0 Å². The molecule has 0 heterocycles. The van der Waals surface area contributed by atoms with Crippen LogP contribution in [0.1, 0.15) is 49.1 Å². The van der Waals surface area contributed by atoms with E-state index in [-0.39, 0.29) is 17.7 Å². The Morgan fingerprint density at radius 3 is 2.15 bits per heavy atom. The number of ether oxygens (including phenoxy) is 1. The second kappa shape index (κ2) is 12.5. The summed E-state index contributed by atoms with van der Waals surface area (Å²) in [5.41, 5.74) is 2.33. The van der Waals surface area contributed by atoms with Crippen molar-refractivity contribution in [1.29, 1.82) is 0 Å². The van der Waals surface area contributed by atoms with Crippen LogP contribution >= 0.6 is 0 Å². The van der Waals surface area contributed by atoms with Crippen LogP contribution in [0.15, 0.2) is 72.8 Å². The highest BCUT2D eigenvalue weighted by atomic mass is 16.6. The van der Waals surface area contributed by atoms with E-state index in [0.717, 1.165) is 11.1 Å². The van der Waals surface area contributed by atoms with Crippen LogP contribution in [0.4, 0.5) is 10.5 Å². The highest BCUT2D eigenvalue weighted by Crippen LogP contribution is 2.32. The Bertz CT molecular complexity index is 1320. The number of nitrogens with zero attached hydrogens (tertiary/aromatic N) is 1. The fourth-order valence-corrected chi connectivity index (χ4v) is 4.22. The number of phenols is 1. The lowest BCUT2D eigenvalue weighted by Crippen LogP contribution is -2.52. The normalized spacial score (nSPS) is 12.7. The third-order valence-corrected chi connectivity index (χ3v) is 6.22. The molecular weight excluding hydrogens is 494 g/mol. The van der Waals surface area contributed by atoms with Gasteiger partial charge in [0.25, 0.3) is 5.91 Å². The number of carbonyl (C=O) groups is 3. The summed E-state index contributed by atoms with van der Waals surface area (Å²) >= 11 is 0. The number of carbonyl (C=O) groups excluding carboxylic acids is 3. The number of amides is 3. The molecule has 3 rings (SSSR count). The number of aromatic hydroxyl groups is 1. The van der Waals surface area contributed by atoms with Crippen molar-refractivity contribution in [2.45, 2.75) is 58.7 Å². The molecule has 0 aliphatic carbocycles. The summed E-state index contributed by atoms with van der Waals surface area (Å²) in [6.07, 6.45) is -0.570. The predicted octanol–water partition coefficient (Wildman–Crippen LogP) is 5.28. The first-order valence-corrected chi connectivity index (χ1v) is 12.8. The third kappa shape index (κ3) is 7.83. The molecule has 3 aromatic rings. The molecule has 2 atom stereocenters. The van der Waals surface area contributed by atoms with Crippen molar-refractivity contribution in [3.8, 4) is 5.75 Å². The van der Waals surface area contributed by atoms with Crippen molar-refractivity contribution >= 4 is 23.6 Å². The maximum absolute atomic E-state index is 14.0. The lowest BCUT2D eigenvalue weighted by atomic mass is 9.98. The number of hydrogen-bond acceptors (Lipinski definition) is 5. The fourth-order valence-electron chi connectivity index (χ4n) is 4.22. The van der Waals surface area contributed by atoms with E-state index in [1.165, 1.54) is 11.9 Å². The molecule has 8 heteroatoms. The Morgan fingerprint density at radius 2 is 1.51 bits per heavy atom. The Kier molecular flexibility index (Phi) is 9.35. The van der Waals surface area contributed by atoms with Gasteiger partial charge in [0.15, 0.2) is 0 Å². The van der Waals surface area contributed by atoms with Crippen LogP contribution in [0.25, 0.3) is 0 Å². The number of nitrogens with one attached hydrogen (secondary N) is 2. The average Bonchev–Trinajstić information content (AvgIpc) is 2.86. The number of aryl methyl sites for hydroxylation is 2. The van der Waals surface area contributed by atoms with Crippen molar-refractivity contribution in [3.63, 3.8) is 0 Å². The van der Waals surface area contributed by atoms with Crippen molar-refractivity contribution in [3.05, 3.63) is 95.1 Å². The highest BCUT2D eigenvalue weighted by molar-refractivity contribution is 5.99. The highest BCUT2D eigenvalue weighted by Gasteiger charge is 2.36. The van der Waals surface area contributed by atoms with Gasteiger partial charge in [-0.05, 0) is 57.4 Å². The minimum atomic E-state index is -1.18. The van der Waals surface area contributed by atoms with Gasteiger partial charge >= 0.3 is 6.09 Å². The molecule has 0 aliphatic heterocycles. The van der Waals surface area contributed by atoms with Crippen LogP contribution in [0.2, 0.25) is 0 Å². The second-order valence-electron chi connectivity index (χ2n) is 10.6. The molecule has 0 aliphatic rings. The Labute approximate surface area is 230 Å². The van der Waals surface area contributed by atoms with E-state index in [2.05, 4.69) is 10.6 Å². The van der Waals surface area contributed by atoms with Crippen LogP contribution in [-0.2, 0) is 20.7 Å². The molecule has 206 valence electrons. The molecule has 0 saturated heterocycles. The summed E-state index contributed by atoms with van der Waals surface area (Å²) in [6.45, 7) is 8.79. The monoisotopic (exact) mass is 531 g/mol. The van der Waals surface area contributed by atoms with Crippen molar-refractivity contribution < 1.29 is 24.2 Å². The molecule has 3 N–H and O–H groups in total. The third-order valence-electron chi connectivity index (χ3n) is 6.22. The number of phenolic OH excluding ortho intramolecular Hbond substituents is 1. The van der Waals surface area contributed by atoms with Crippen molar-refractivity contribution in [2.75, 3.05) is 12.4 Å². The van der Waals surface area contributed by atoms with Crippen molar-refractivity contribution in [2.24, 2.45) is 0 Å². The molecule has 0 bridgehead atoms. The lowest BCUT2D eigenvalue weighted by molar-refractivity contribution is -0.139. The number of para-hydroxylation sites is 2. The molecule has 3 aromatic carbocycles. The summed E-state index contributed by atoms with van der Waals surface area (Å²) < 4.78 is 5.42. The van der Waals surface area contributed by atoms with E-state index >= 15 is 0 Å². The Morgan fingerprint density at radius 1 is 0.897 bits per heavy atom. The maximum atomic E-state index is 14.0. The van der Waals surface area contributed by atoms with Gasteiger partial charge in [0.1, 0.15) is 23.4 Å². The quantitative estimate of drug-likeness (QED) is 0.366. The van der Waals surface area contributed by atoms with Gasteiger partial charge in [-0.2, -0.15) is 0 Å². The van der Waals surface area contributed by atoms with E-state index in [0.29, 0.717) is 11.3 Å². The van der Waals surface area contributed by atoms with Gasteiger partial charge in [-0.25, -0.2) is 4.79 Å². The fraction of sp³-hybridized carbons (Fsp3) is 0.323. The Balaban J connectivity index is 2.00. The minimum Gasteiger partial charge on any atom is -0.507 e. The number of benzene rings is 3. The van der Waals surface area contributed by atoms with E-state index in [9.17, 15) is 19.5 Å². The molecule has 0 aromatic heterocycles. The number of rotatable bonds is 8. The van der Waals surface area contributed by atoms with Crippen LogP contribution in [0.5, 0.6) is 5.75 Å². The van der Waals surface area contributed by atoms with Crippen LogP contribution < -0.4 is 10.6 Å². The number of likely N-dealkylation sites (N-methyl/N-ethyl adjacent to an activating group) is 1. The summed E-state index contributed by atoms with van der Waals surface area (Å²) in [7, 11) is 1.49. The summed E-state index contributed by atoms with van der Waals surface area (Å²) in [5, 5.41) is 16.5. The van der Waals surface area contributed by atoms with Gasteiger partial charge in [-0.3, -0.25) is 9.59 Å². The van der Waals surface area contributed by atoms with Crippen LogP contribution in [0, 0.1) is 13.8 Å². The molecule has 0 saturated carbocycles. The van der Waals surface area contributed by atoms with Gasteiger partial charge < -0.3 is 25.4 Å². The van der Waals surface area contributed by atoms with Gasteiger partial charge in [-0.1, -0.05) is 66.7 Å². The van der Waals surface area contributed by atoms with E-state index in [1.807, 2.05) is 49.4 Å². The van der Waals surface area contributed by atoms with E-state index in [4.69, 9.17) is 4.74 Å². The maximum Gasteiger partial charge on any atom is 0.408 e. The topological polar surface area (TPSA) is 108 Å². The molecular formula is C31H37N3O5. The number of alkyl carbamates (subject to hydrolysis) is 1. The predicted molar refractivity (Wildman–Crippen MR) is 151 cm³/mol. The van der Waals surface area contributed by atoms with Crippen molar-refractivity contribution in [1.82, 2.24) is 10.2 Å². The molecule has 0 radical (unpaired) electrons. The van der Waals surface area contributed by atoms with Crippen LogP contribution in [-0.4, -0.2) is 46.6 Å². The first-order chi connectivity index (χ1) is 18.4. The van der Waals surface area contributed by atoms with E-state index < -0.39 is 35.6 Å². The van der Waals surface area contributed by atoms with Gasteiger partial charge in [0.2, 0.25) is 5.91 Å². The summed E-state index contributed by atoms with van der Waals surface area (Å²) in [5.74, 6) is -1.10. The molecule has 0 fully saturated rings. The summed E-state index contributed by atoms with van der Waals surface area (Å²) in [4.78, 5) is 41.7. The molecule has 39 heavy (non-hydrogen) atoms. The first kappa shape index (κ1) is 29.2. The zero-order valence-corrected chi connectivity index (χ0v) is 23.3. The zero-order valence-electron chi connectivity index (χ0n) is 23.3. The standard InChI is InChI=1S/C31H37N3O5/c1-20-13-10-11-18-24(20)32-28(36)26(23-17-12-14-21(2)27(23)35)34(6)29(37)25(19-22-15-8-7-9-16-22)33-30(38)39-31(3,4)5/h7-18,25-26,35H,19H2,1-6H3,(H,32,36)(H,33,38). The second-order valence-corrected chi connectivity index (χ2v) is 10.6. The van der Waals surface area contributed by atoms with Gasteiger partial charge in [0.05, 0.1) is 0 Å². The smallest absolute Gasteiger partial charge is 0.408 e. The molecule has 8 nitrogen and oxygen atoms in total. The average molecular weight is 532 g/mol. The largest absolute Gasteiger partial charge is 0.507 e. The first-order valence-electron chi connectivity index (χ1n) is 12.8. The van der Waals surface area contributed by atoms with Gasteiger partial charge in [0, 0.05) is 24.7 Å². The van der Waals surface area contributed by atoms with E-state index in [1.54, 1.807) is 58.0 Å². The number of anilines is 1. The summed E-state index contributed by atoms with van der Waals surface area (Å²) in [6, 6.07) is 19.4. The minimum absolute atomic E-state index is 0.0817. The molecule has 3 amide bonds. The zero-order chi connectivity index (χ0) is 28.7. The van der Waals surface area contributed by atoms with Crippen LogP contribution in [0.3, 0.4) is 0 Å². The Hall–Kier alpha value is -4.33. The number of hydrogen-bond donors (Lipinski definition) is 3. The molecule has 2 unspecified atom stereocenters.